The SMILES string of the molecule is C=CCNC(=O)c1ccc(N2CCCN(c3ncccn3)CC2)nc1. The monoisotopic (exact) mass is 338 g/mol. The Bertz CT molecular complexity index is 703. The van der Waals surface area contributed by atoms with Gasteiger partial charge in [0, 0.05) is 51.3 Å². The summed E-state index contributed by atoms with van der Waals surface area (Å²) in [6.45, 7) is 7.55. The topological polar surface area (TPSA) is 74.2 Å². The van der Waals surface area contributed by atoms with Gasteiger partial charge >= 0.3 is 0 Å². The fourth-order valence-corrected chi connectivity index (χ4v) is 2.78. The number of rotatable bonds is 5. The Hall–Kier alpha value is -2.96. The van der Waals surface area contributed by atoms with Crippen molar-refractivity contribution in [2.75, 3.05) is 42.5 Å². The molecule has 25 heavy (non-hydrogen) atoms. The van der Waals surface area contributed by atoms with Crippen molar-refractivity contribution in [3.05, 3.63) is 55.0 Å². The van der Waals surface area contributed by atoms with Crippen LogP contribution in [0, 0.1) is 0 Å². The Morgan fingerprint density at radius 3 is 2.60 bits per heavy atom. The first-order chi connectivity index (χ1) is 12.3. The van der Waals surface area contributed by atoms with Crippen molar-refractivity contribution < 1.29 is 4.79 Å². The Morgan fingerprint density at radius 1 is 1.12 bits per heavy atom. The average molecular weight is 338 g/mol. The van der Waals surface area contributed by atoms with Crippen LogP contribution in [0.25, 0.3) is 0 Å². The maximum atomic E-state index is 11.9. The quantitative estimate of drug-likeness (QED) is 0.833. The van der Waals surface area contributed by atoms with E-state index in [2.05, 4.69) is 36.6 Å². The lowest BCUT2D eigenvalue weighted by atomic mass is 10.2. The highest BCUT2D eigenvalue weighted by Crippen LogP contribution is 2.16. The maximum absolute atomic E-state index is 11.9. The zero-order valence-corrected chi connectivity index (χ0v) is 14.1. The van der Waals surface area contributed by atoms with Crippen LogP contribution in [0.15, 0.2) is 49.4 Å². The predicted octanol–water partition coefficient (Wildman–Crippen LogP) is 1.50. The number of carbonyl (C=O) groups excluding carboxylic acids is 1. The molecule has 0 spiro atoms. The van der Waals surface area contributed by atoms with Gasteiger partial charge in [0.05, 0.1) is 5.56 Å². The highest BCUT2D eigenvalue weighted by molar-refractivity contribution is 5.94. The molecule has 0 bridgehead atoms. The molecule has 1 amide bonds. The van der Waals surface area contributed by atoms with Crippen molar-refractivity contribution in [3.8, 4) is 0 Å². The molecule has 0 aliphatic carbocycles. The van der Waals surface area contributed by atoms with E-state index in [0.717, 1.165) is 44.4 Å². The summed E-state index contributed by atoms with van der Waals surface area (Å²) in [5.74, 6) is 1.52. The maximum Gasteiger partial charge on any atom is 0.253 e. The van der Waals surface area contributed by atoms with E-state index in [1.165, 1.54) is 0 Å². The van der Waals surface area contributed by atoms with E-state index in [-0.39, 0.29) is 5.91 Å². The van der Waals surface area contributed by atoms with Crippen LogP contribution < -0.4 is 15.1 Å². The number of nitrogens with one attached hydrogen (secondary N) is 1. The lowest BCUT2D eigenvalue weighted by Crippen LogP contribution is -2.32. The standard InChI is InChI=1S/C18H22N6O/c1-2-7-19-17(25)15-5-6-16(22-14-15)23-10-4-11-24(13-12-23)18-20-8-3-9-21-18/h2-3,5-6,8-9,14H,1,4,7,10-13H2,(H,19,25). The van der Waals surface area contributed by atoms with Crippen LogP contribution in [0.4, 0.5) is 11.8 Å². The van der Waals surface area contributed by atoms with Gasteiger partial charge in [-0.25, -0.2) is 15.0 Å². The number of pyridine rings is 1. The Balaban J connectivity index is 1.62. The van der Waals surface area contributed by atoms with Gasteiger partial charge in [-0.15, -0.1) is 6.58 Å². The summed E-state index contributed by atoms with van der Waals surface area (Å²) in [5.41, 5.74) is 0.555. The van der Waals surface area contributed by atoms with Gasteiger partial charge in [-0.05, 0) is 24.6 Å². The van der Waals surface area contributed by atoms with Gasteiger partial charge in [0.25, 0.3) is 5.91 Å². The van der Waals surface area contributed by atoms with Crippen LogP contribution in [-0.4, -0.2) is 53.6 Å². The molecule has 130 valence electrons. The largest absolute Gasteiger partial charge is 0.355 e. The molecule has 0 saturated carbocycles. The van der Waals surface area contributed by atoms with Crippen molar-refractivity contribution in [3.63, 3.8) is 0 Å². The summed E-state index contributed by atoms with van der Waals surface area (Å²) in [4.78, 5) is 29.4. The van der Waals surface area contributed by atoms with E-state index in [1.54, 1.807) is 24.7 Å². The number of hydrogen-bond donors (Lipinski definition) is 1. The number of carbonyl (C=O) groups is 1. The molecule has 0 radical (unpaired) electrons. The van der Waals surface area contributed by atoms with E-state index in [1.807, 2.05) is 18.2 Å². The third-order valence-electron chi connectivity index (χ3n) is 4.07. The summed E-state index contributed by atoms with van der Waals surface area (Å²) >= 11 is 0. The number of hydrogen-bond acceptors (Lipinski definition) is 6. The second-order valence-corrected chi connectivity index (χ2v) is 5.78. The van der Waals surface area contributed by atoms with Crippen LogP contribution in [0.5, 0.6) is 0 Å². The van der Waals surface area contributed by atoms with Crippen molar-refractivity contribution in [1.29, 1.82) is 0 Å². The molecule has 1 aliphatic rings. The van der Waals surface area contributed by atoms with Crippen LogP contribution >= 0.6 is 0 Å². The normalized spacial score (nSPS) is 14.7. The number of anilines is 2. The molecule has 2 aromatic heterocycles. The van der Waals surface area contributed by atoms with Gasteiger partial charge in [-0.2, -0.15) is 0 Å². The van der Waals surface area contributed by atoms with Crippen LogP contribution in [0.3, 0.4) is 0 Å². The number of nitrogens with zero attached hydrogens (tertiary/aromatic N) is 5. The summed E-state index contributed by atoms with van der Waals surface area (Å²) in [5, 5.41) is 2.75. The first-order valence-corrected chi connectivity index (χ1v) is 8.40. The minimum absolute atomic E-state index is 0.137. The first-order valence-electron chi connectivity index (χ1n) is 8.40. The molecular formula is C18H22N6O. The molecule has 7 heteroatoms. The lowest BCUT2D eigenvalue weighted by Gasteiger charge is -2.22. The molecular weight excluding hydrogens is 316 g/mol. The summed E-state index contributed by atoms with van der Waals surface area (Å²) < 4.78 is 0. The van der Waals surface area contributed by atoms with E-state index in [9.17, 15) is 4.79 Å². The average Bonchev–Trinajstić information content (AvgIpc) is 2.93. The minimum Gasteiger partial charge on any atom is -0.355 e. The molecule has 0 atom stereocenters. The molecule has 1 aliphatic heterocycles. The van der Waals surface area contributed by atoms with Gasteiger partial charge < -0.3 is 15.1 Å². The van der Waals surface area contributed by atoms with Crippen molar-refractivity contribution in [1.82, 2.24) is 20.3 Å². The second-order valence-electron chi connectivity index (χ2n) is 5.78. The Labute approximate surface area is 147 Å². The zero-order chi connectivity index (χ0) is 17.5. The minimum atomic E-state index is -0.137. The van der Waals surface area contributed by atoms with Gasteiger partial charge in [-0.1, -0.05) is 6.08 Å². The van der Waals surface area contributed by atoms with Crippen molar-refractivity contribution in [2.45, 2.75) is 6.42 Å². The third-order valence-corrected chi connectivity index (χ3v) is 4.07. The fourth-order valence-electron chi connectivity index (χ4n) is 2.78. The van der Waals surface area contributed by atoms with Gasteiger partial charge in [-0.3, -0.25) is 4.79 Å². The van der Waals surface area contributed by atoms with Gasteiger partial charge in [0.1, 0.15) is 5.82 Å². The van der Waals surface area contributed by atoms with Crippen LogP contribution in [0.2, 0.25) is 0 Å². The zero-order valence-electron chi connectivity index (χ0n) is 14.1. The van der Waals surface area contributed by atoms with Gasteiger partial charge in [0.15, 0.2) is 0 Å². The molecule has 7 nitrogen and oxygen atoms in total. The fraction of sp³-hybridized carbons (Fsp3) is 0.333. The highest BCUT2D eigenvalue weighted by atomic mass is 16.1. The summed E-state index contributed by atoms with van der Waals surface area (Å²) in [7, 11) is 0. The first kappa shape index (κ1) is 16.9. The summed E-state index contributed by atoms with van der Waals surface area (Å²) in [6.07, 6.45) is 7.81. The Kier molecular flexibility index (Phi) is 5.56. The molecule has 2 aromatic rings. The Morgan fingerprint density at radius 2 is 1.88 bits per heavy atom. The van der Waals surface area contributed by atoms with E-state index < -0.39 is 0 Å². The molecule has 1 fully saturated rings. The summed E-state index contributed by atoms with van der Waals surface area (Å²) in [6, 6.07) is 5.53. The van der Waals surface area contributed by atoms with E-state index >= 15 is 0 Å². The molecule has 0 unspecified atom stereocenters. The van der Waals surface area contributed by atoms with Gasteiger partial charge in [0.2, 0.25) is 5.95 Å². The molecule has 0 aromatic carbocycles. The molecule has 3 rings (SSSR count). The lowest BCUT2D eigenvalue weighted by molar-refractivity contribution is 0.0957. The molecule has 1 N–H and O–H groups in total. The van der Waals surface area contributed by atoms with Crippen LogP contribution in [-0.2, 0) is 0 Å². The van der Waals surface area contributed by atoms with Crippen molar-refractivity contribution >= 4 is 17.7 Å². The van der Waals surface area contributed by atoms with Crippen molar-refractivity contribution in [2.24, 2.45) is 0 Å². The van der Waals surface area contributed by atoms with E-state index in [0.29, 0.717) is 12.1 Å². The number of aromatic nitrogens is 3. The molecule has 1 saturated heterocycles. The highest BCUT2D eigenvalue weighted by Gasteiger charge is 2.18. The number of amides is 1. The smallest absolute Gasteiger partial charge is 0.253 e. The second kappa shape index (κ2) is 8.23. The molecule has 3 heterocycles. The predicted molar refractivity (Wildman–Crippen MR) is 97.8 cm³/mol. The van der Waals surface area contributed by atoms with E-state index in [4.69, 9.17) is 0 Å². The van der Waals surface area contributed by atoms with Crippen LogP contribution in [0.1, 0.15) is 16.8 Å². The third kappa shape index (κ3) is 4.32.